The molecular formula is C19H19N3O3S. The highest BCUT2D eigenvalue weighted by Gasteiger charge is 2.17. The lowest BCUT2D eigenvalue weighted by Crippen LogP contribution is -2.08. The van der Waals surface area contributed by atoms with E-state index in [2.05, 4.69) is 10.1 Å². The van der Waals surface area contributed by atoms with E-state index >= 15 is 0 Å². The highest BCUT2D eigenvalue weighted by atomic mass is 32.1. The molecule has 0 amide bonds. The molecule has 3 rings (SSSR count). The molecule has 7 heteroatoms. The predicted molar refractivity (Wildman–Crippen MR) is 103 cm³/mol. The molecule has 0 saturated heterocycles. The molecule has 0 radical (unpaired) electrons. The number of nitrogens with two attached hydrogens (primary N) is 1. The van der Waals surface area contributed by atoms with E-state index in [9.17, 15) is 0 Å². The van der Waals surface area contributed by atoms with Crippen LogP contribution in [-0.4, -0.2) is 32.0 Å². The molecule has 1 heterocycles. The van der Waals surface area contributed by atoms with Gasteiger partial charge in [0, 0.05) is 28.3 Å². The lowest BCUT2D eigenvalue weighted by atomic mass is 10.00. The van der Waals surface area contributed by atoms with Crippen molar-refractivity contribution < 1.29 is 14.2 Å². The Morgan fingerprint density at radius 1 is 0.962 bits per heavy atom. The van der Waals surface area contributed by atoms with Crippen molar-refractivity contribution in [2.45, 2.75) is 0 Å². The van der Waals surface area contributed by atoms with Gasteiger partial charge < -0.3 is 20.1 Å². The van der Waals surface area contributed by atoms with Gasteiger partial charge in [0.1, 0.15) is 5.01 Å². The monoisotopic (exact) mass is 369 g/mol. The molecule has 134 valence electrons. The summed E-state index contributed by atoms with van der Waals surface area (Å²) in [6.07, 6.45) is 1.79. The van der Waals surface area contributed by atoms with Gasteiger partial charge in [-0.3, -0.25) is 0 Å². The third-order valence-corrected chi connectivity index (χ3v) is 4.73. The normalized spacial score (nSPS) is 11.3. The number of nitrogens with zero attached hydrogens (tertiary/aromatic N) is 2. The van der Waals surface area contributed by atoms with E-state index in [1.165, 1.54) is 0 Å². The third-order valence-electron chi connectivity index (χ3n) is 3.90. The first-order chi connectivity index (χ1) is 12.7. The zero-order chi connectivity index (χ0) is 18.5. The Hall–Kier alpha value is -3.06. The molecule has 0 bridgehead atoms. The molecule has 0 spiro atoms. The van der Waals surface area contributed by atoms with Gasteiger partial charge in [-0.05, 0) is 12.1 Å². The maximum atomic E-state index is 5.69. The van der Waals surface area contributed by atoms with Gasteiger partial charge >= 0.3 is 0 Å². The molecule has 0 unspecified atom stereocenters. The molecule has 3 aromatic rings. The van der Waals surface area contributed by atoms with Crippen LogP contribution >= 0.6 is 11.3 Å². The van der Waals surface area contributed by atoms with Gasteiger partial charge in [-0.1, -0.05) is 24.3 Å². The van der Waals surface area contributed by atoms with E-state index in [-0.39, 0.29) is 0 Å². The number of rotatable bonds is 6. The van der Waals surface area contributed by atoms with Gasteiger partial charge in [-0.25, -0.2) is 4.98 Å². The highest BCUT2D eigenvalue weighted by molar-refractivity contribution is 7.13. The van der Waals surface area contributed by atoms with Crippen LogP contribution in [0.1, 0.15) is 11.1 Å². The summed E-state index contributed by atoms with van der Waals surface area (Å²) < 4.78 is 16.2. The number of thiazole rings is 1. The summed E-state index contributed by atoms with van der Waals surface area (Å²) in [4.78, 5) is 4.32. The van der Waals surface area contributed by atoms with E-state index in [0.717, 1.165) is 21.7 Å². The molecular weight excluding hydrogens is 350 g/mol. The van der Waals surface area contributed by atoms with Crippen LogP contribution in [0.15, 0.2) is 53.1 Å². The van der Waals surface area contributed by atoms with Crippen molar-refractivity contribution in [2.75, 3.05) is 21.3 Å². The van der Waals surface area contributed by atoms with Crippen LogP contribution in [0, 0.1) is 0 Å². The van der Waals surface area contributed by atoms with Gasteiger partial charge in [0.25, 0.3) is 0 Å². The number of ether oxygens (including phenoxy) is 3. The zero-order valence-electron chi connectivity index (χ0n) is 14.7. The number of benzene rings is 2. The number of hydrazone groups is 1. The second-order valence-corrected chi connectivity index (χ2v) is 6.20. The van der Waals surface area contributed by atoms with E-state index in [4.69, 9.17) is 20.1 Å². The molecule has 26 heavy (non-hydrogen) atoms. The lowest BCUT2D eigenvalue weighted by molar-refractivity contribution is 0.324. The SMILES string of the molecule is COc1cc(C(=NN)c2ccc(-c3nccs3)cc2)cc(OC)c1OC. The smallest absolute Gasteiger partial charge is 0.203 e. The molecule has 0 aliphatic heterocycles. The van der Waals surface area contributed by atoms with Crippen LogP contribution in [-0.2, 0) is 0 Å². The van der Waals surface area contributed by atoms with Crippen molar-refractivity contribution in [1.29, 1.82) is 0 Å². The van der Waals surface area contributed by atoms with Crippen molar-refractivity contribution in [1.82, 2.24) is 4.98 Å². The van der Waals surface area contributed by atoms with Crippen LogP contribution in [0.25, 0.3) is 10.6 Å². The summed E-state index contributed by atoms with van der Waals surface area (Å²) in [5.41, 5.74) is 3.31. The standard InChI is InChI=1S/C19H19N3O3S/c1-23-15-10-14(11-16(24-2)18(15)25-3)17(22-20)12-4-6-13(7-5-12)19-21-8-9-26-19/h4-11H,20H2,1-3H3. The average molecular weight is 369 g/mol. The van der Waals surface area contributed by atoms with Crippen LogP contribution in [0.4, 0.5) is 0 Å². The highest BCUT2D eigenvalue weighted by Crippen LogP contribution is 2.38. The number of hydrogen-bond acceptors (Lipinski definition) is 7. The Balaban J connectivity index is 2.01. The average Bonchev–Trinajstić information content (AvgIpc) is 3.23. The van der Waals surface area contributed by atoms with E-state index in [1.807, 2.05) is 41.8 Å². The van der Waals surface area contributed by atoms with Crippen LogP contribution in [0.5, 0.6) is 17.2 Å². The molecule has 0 saturated carbocycles. The fourth-order valence-corrected chi connectivity index (χ4v) is 3.31. The number of aromatic nitrogens is 1. The van der Waals surface area contributed by atoms with E-state index in [1.54, 1.807) is 38.9 Å². The minimum Gasteiger partial charge on any atom is -0.493 e. The summed E-state index contributed by atoms with van der Waals surface area (Å²) in [6.45, 7) is 0. The fourth-order valence-electron chi connectivity index (χ4n) is 2.67. The molecule has 1 aromatic heterocycles. The molecule has 6 nitrogen and oxygen atoms in total. The number of hydrogen-bond donors (Lipinski definition) is 1. The first-order valence-electron chi connectivity index (χ1n) is 7.80. The molecule has 0 atom stereocenters. The molecule has 2 N–H and O–H groups in total. The van der Waals surface area contributed by atoms with Crippen molar-refractivity contribution in [3.05, 3.63) is 59.1 Å². The summed E-state index contributed by atoms with van der Waals surface area (Å²) in [5, 5.41) is 6.90. The van der Waals surface area contributed by atoms with Crippen molar-refractivity contribution >= 4 is 17.0 Å². The van der Waals surface area contributed by atoms with Crippen molar-refractivity contribution in [3.63, 3.8) is 0 Å². The summed E-state index contributed by atoms with van der Waals surface area (Å²) in [5.74, 6) is 7.30. The van der Waals surface area contributed by atoms with Gasteiger partial charge in [0.05, 0.1) is 27.0 Å². The van der Waals surface area contributed by atoms with Gasteiger partial charge in [-0.2, -0.15) is 5.10 Å². The van der Waals surface area contributed by atoms with Crippen LogP contribution < -0.4 is 20.1 Å². The van der Waals surface area contributed by atoms with Gasteiger partial charge in [-0.15, -0.1) is 11.3 Å². The summed E-state index contributed by atoms with van der Waals surface area (Å²) >= 11 is 1.59. The predicted octanol–water partition coefficient (Wildman–Crippen LogP) is 3.55. The molecule has 0 aliphatic carbocycles. The second kappa shape index (κ2) is 7.88. The Labute approximate surface area is 155 Å². The number of methoxy groups -OCH3 is 3. The maximum absolute atomic E-state index is 5.69. The summed E-state index contributed by atoms with van der Waals surface area (Å²) in [6, 6.07) is 11.6. The zero-order valence-corrected chi connectivity index (χ0v) is 15.5. The first-order valence-corrected chi connectivity index (χ1v) is 8.68. The first kappa shape index (κ1) is 17.8. The van der Waals surface area contributed by atoms with Gasteiger partial charge in [0.2, 0.25) is 5.75 Å². The summed E-state index contributed by atoms with van der Waals surface area (Å²) in [7, 11) is 4.71. The topological polar surface area (TPSA) is 79.0 Å². The quantitative estimate of drug-likeness (QED) is 0.408. The van der Waals surface area contributed by atoms with Crippen molar-refractivity contribution in [3.8, 4) is 27.8 Å². The largest absolute Gasteiger partial charge is 0.493 e. The van der Waals surface area contributed by atoms with Gasteiger partial charge in [0.15, 0.2) is 11.5 Å². The Morgan fingerprint density at radius 2 is 1.62 bits per heavy atom. The van der Waals surface area contributed by atoms with E-state index < -0.39 is 0 Å². The fraction of sp³-hybridized carbons (Fsp3) is 0.158. The Bertz CT molecular complexity index is 881. The second-order valence-electron chi connectivity index (χ2n) is 5.31. The minimum absolute atomic E-state index is 0.522. The van der Waals surface area contributed by atoms with Crippen LogP contribution in [0.3, 0.4) is 0 Å². The molecule has 2 aromatic carbocycles. The molecule has 0 fully saturated rings. The third kappa shape index (κ3) is 3.34. The molecule has 0 aliphatic rings. The minimum atomic E-state index is 0.522. The maximum Gasteiger partial charge on any atom is 0.203 e. The van der Waals surface area contributed by atoms with Crippen molar-refractivity contribution in [2.24, 2.45) is 10.9 Å². The Morgan fingerprint density at radius 3 is 2.08 bits per heavy atom. The Kier molecular flexibility index (Phi) is 5.38. The lowest BCUT2D eigenvalue weighted by Gasteiger charge is -2.15. The van der Waals surface area contributed by atoms with Crippen LogP contribution in [0.2, 0.25) is 0 Å². The van der Waals surface area contributed by atoms with E-state index in [0.29, 0.717) is 23.0 Å².